The molecular formula is C36H28ClN3O3S. The summed E-state index contributed by atoms with van der Waals surface area (Å²) in [6.45, 7) is 0. The van der Waals surface area contributed by atoms with Gasteiger partial charge in [0.25, 0.3) is 11.8 Å². The fourth-order valence-corrected chi connectivity index (χ4v) is 5.49. The Morgan fingerprint density at radius 2 is 1.30 bits per heavy atom. The molecule has 0 saturated heterocycles. The van der Waals surface area contributed by atoms with Gasteiger partial charge in [0.15, 0.2) is 0 Å². The largest absolute Gasteiger partial charge is 0.325 e. The van der Waals surface area contributed by atoms with Crippen molar-refractivity contribution in [3.05, 3.63) is 167 Å². The number of benzene rings is 5. The summed E-state index contributed by atoms with van der Waals surface area (Å²) in [7, 11) is 0. The highest BCUT2D eigenvalue weighted by atomic mass is 35.5. The van der Waals surface area contributed by atoms with Crippen molar-refractivity contribution >= 4 is 58.5 Å². The highest BCUT2D eigenvalue weighted by molar-refractivity contribution is 8.00. The number of amides is 3. The molecule has 0 aliphatic heterocycles. The van der Waals surface area contributed by atoms with Crippen LogP contribution in [0.5, 0.6) is 0 Å². The van der Waals surface area contributed by atoms with Gasteiger partial charge in [0, 0.05) is 26.9 Å². The van der Waals surface area contributed by atoms with Gasteiger partial charge in [-0.15, -0.1) is 11.8 Å². The summed E-state index contributed by atoms with van der Waals surface area (Å²) >= 11 is 7.37. The van der Waals surface area contributed by atoms with Crippen LogP contribution in [-0.2, 0) is 9.59 Å². The van der Waals surface area contributed by atoms with Crippen molar-refractivity contribution < 1.29 is 14.4 Å². The van der Waals surface area contributed by atoms with Crippen molar-refractivity contribution in [2.45, 2.75) is 10.1 Å². The Hall–Kier alpha value is -5.11. The van der Waals surface area contributed by atoms with E-state index in [-0.39, 0.29) is 11.6 Å². The molecule has 8 heteroatoms. The fraction of sp³-hybridized carbons (Fsp3) is 0.0278. The van der Waals surface area contributed by atoms with Gasteiger partial charge in [0.2, 0.25) is 5.91 Å². The summed E-state index contributed by atoms with van der Waals surface area (Å²) in [4.78, 5) is 40.7. The minimum Gasteiger partial charge on any atom is -0.325 e. The first-order chi connectivity index (χ1) is 21.4. The lowest BCUT2D eigenvalue weighted by Crippen LogP contribution is -2.30. The van der Waals surface area contributed by atoms with E-state index in [0.717, 1.165) is 16.0 Å². The quantitative estimate of drug-likeness (QED) is 0.109. The van der Waals surface area contributed by atoms with Gasteiger partial charge in [0.1, 0.15) is 10.9 Å². The van der Waals surface area contributed by atoms with Crippen LogP contribution in [0.15, 0.2) is 150 Å². The fourth-order valence-electron chi connectivity index (χ4n) is 4.28. The van der Waals surface area contributed by atoms with Crippen LogP contribution in [0.2, 0.25) is 5.02 Å². The Bertz CT molecular complexity index is 1760. The van der Waals surface area contributed by atoms with Gasteiger partial charge >= 0.3 is 0 Å². The Morgan fingerprint density at radius 1 is 0.659 bits per heavy atom. The van der Waals surface area contributed by atoms with E-state index in [2.05, 4.69) is 16.0 Å². The molecule has 0 fully saturated rings. The molecule has 0 radical (unpaired) electrons. The lowest BCUT2D eigenvalue weighted by atomic mass is 10.1. The molecule has 0 aromatic heterocycles. The SMILES string of the molecule is O=C(Nc1cccc(SC(C(=O)Nc2ccc(Cl)cc2)c2ccccc2)c1)/C(=C/c1ccccc1)NC(=O)c1ccccc1. The van der Waals surface area contributed by atoms with E-state index in [4.69, 9.17) is 11.6 Å². The maximum Gasteiger partial charge on any atom is 0.272 e. The standard InChI is InChI=1S/C36H28ClN3O3S/c37-28-19-21-29(22-20-28)38-36(43)33(26-13-6-2-7-14-26)44-31-18-10-17-30(24-31)39-35(42)32(23-25-11-4-1-5-12-25)40-34(41)27-15-8-3-9-16-27/h1-24,33H,(H,38,43)(H,39,42)(H,40,41)/b32-23-. The predicted molar refractivity (Wildman–Crippen MR) is 179 cm³/mol. The molecule has 0 aliphatic rings. The summed E-state index contributed by atoms with van der Waals surface area (Å²) in [5, 5.41) is 8.63. The molecule has 3 N–H and O–H groups in total. The van der Waals surface area contributed by atoms with E-state index in [1.807, 2.05) is 72.8 Å². The minimum atomic E-state index is -0.573. The first-order valence-corrected chi connectivity index (χ1v) is 15.0. The molecule has 5 aromatic rings. The third kappa shape index (κ3) is 8.47. The Kier molecular flexibility index (Phi) is 10.3. The number of nitrogens with one attached hydrogen (secondary N) is 3. The van der Waals surface area contributed by atoms with E-state index in [9.17, 15) is 14.4 Å². The van der Waals surface area contributed by atoms with Crippen LogP contribution in [0, 0.1) is 0 Å². The van der Waals surface area contributed by atoms with Gasteiger partial charge in [0.05, 0.1) is 0 Å². The summed E-state index contributed by atoms with van der Waals surface area (Å²) in [5.41, 5.74) is 3.26. The third-order valence-corrected chi connectivity index (χ3v) is 7.94. The Morgan fingerprint density at radius 3 is 1.98 bits per heavy atom. The van der Waals surface area contributed by atoms with Crippen LogP contribution >= 0.6 is 23.4 Å². The van der Waals surface area contributed by atoms with Crippen LogP contribution in [0.1, 0.15) is 26.7 Å². The molecule has 218 valence electrons. The molecule has 0 heterocycles. The molecule has 5 rings (SSSR count). The molecule has 0 aliphatic carbocycles. The first-order valence-electron chi connectivity index (χ1n) is 13.8. The van der Waals surface area contributed by atoms with Crippen LogP contribution in [0.4, 0.5) is 11.4 Å². The Balaban J connectivity index is 1.36. The van der Waals surface area contributed by atoms with Crippen molar-refractivity contribution in [2.75, 3.05) is 10.6 Å². The lowest BCUT2D eigenvalue weighted by Gasteiger charge is -2.18. The second kappa shape index (κ2) is 14.9. The van der Waals surface area contributed by atoms with Crippen molar-refractivity contribution in [2.24, 2.45) is 0 Å². The van der Waals surface area contributed by atoms with E-state index in [1.165, 1.54) is 11.8 Å². The molecule has 0 spiro atoms. The zero-order valence-electron chi connectivity index (χ0n) is 23.4. The summed E-state index contributed by atoms with van der Waals surface area (Å²) < 4.78 is 0. The summed E-state index contributed by atoms with van der Waals surface area (Å²) in [6, 6.07) is 41.6. The summed E-state index contributed by atoms with van der Waals surface area (Å²) in [5.74, 6) is -1.08. The maximum absolute atomic E-state index is 13.5. The molecule has 0 saturated carbocycles. The smallest absolute Gasteiger partial charge is 0.272 e. The van der Waals surface area contributed by atoms with Gasteiger partial charge in [-0.1, -0.05) is 96.5 Å². The Labute approximate surface area is 265 Å². The van der Waals surface area contributed by atoms with Crippen LogP contribution in [0.3, 0.4) is 0 Å². The molecule has 44 heavy (non-hydrogen) atoms. The van der Waals surface area contributed by atoms with Crippen molar-refractivity contribution in [3.8, 4) is 0 Å². The van der Waals surface area contributed by atoms with E-state index >= 15 is 0 Å². The zero-order chi connectivity index (χ0) is 30.7. The second-order valence-electron chi connectivity index (χ2n) is 9.68. The van der Waals surface area contributed by atoms with E-state index in [0.29, 0.717) is 22.0 Å². The zero-order valence-corrected chi connectivity index (χ0v) is 25.0. The van der Waals surface area contributed by atoms with E-state index < -0.39 is 17.1 Å². The highest BCUT2D eigenvalue weighted by Gasteiger charge is 2.23. The number of halogens is 1. The molecule has 6 nitrogen and oxygen atoms in total. The normalized spacial score (nSPS) is 11.7. The topological polar surface area (TPSA) is 87.3 Å². The van der Waals surface area contributed by atoms with Gasteiger partial charge in [-0.25, -0.2) is 0 Å². The average Bonchev–Trinajstić information content (AvgIpc) is 3.06. The van der Waals surface area contributed by atoms with Crippen LogP contribution in [-0.4, -0.2) is 17.7 Å². The monoisotopic (exact) mass is 617 g/mol. The number of carbonyl (C=O) groups excluding carboxylic acids is 3. The lowest BCUT2D eigenvalue weighted by molar-refractivity contribution is -0.116. The number of hydrogen-bond acceptors (Lipinski definition) is 4. The predicted octanol–water partition coefficient (Wildman–Crippen LogP) is 8.22. The number of thioether (sulfide) groups is 1. The molecular weight excluding hydrogens is 590 g/mol. The molecule has 1 atom stereocenters. The minimum absolute atomic E-state index is 0.0904. The van der Waals surface area contributed by atoms with Crippen molar-refractivity contribution in [1.82, 2.24) is 5.32 Å². The molecule has 1 unspecified atom stereocenters. The van der Waals surface area contributed by atoms with Gasteiger partial charge in [-0.05, 0) is 71.8 Å². The number of carbonyl (C=O) groups is 3. The van der Waals surface area contributed by atoms with Crippen LogP contribution < -0.4 is 16.0 Å². The number of rotatable bonds is 10. The summed E-state index contributed by atoms with van der Waals surface area (Å²) in [6.07, 6.45) is 1.63. The second-order valence-corrected chi connectivity index (χ2v) is 11.3. The highest BCUT2D eigenvalue weighted by Crippen LogP contribution is 2.37. The molecule has 3 amide bonds. The van der Waals surface area contributed by atoms with Crippen molar-refractivity contribution in [3.63, 3.8) is 0 Å². The molecule has 5 aromatic carbocycles. The maximum atomic E-state index is 13.5. The molecule has 0 bridgehead atoms. The number of anilines is 2. The van der Waals surface area contributed by atoms with Gasteiger partial charge in [-0.2, -0.15) is 0 Å². The first kappa shape index (κ1) is 30.4. The van der Waals surface area contributed by atoms with Gasteiger partial charge in [-0.3, -0.25) is 14.4 Å². The third-order valence-electron chi connectivity index (χ3n) is 6.44. The van der Waals surface area contributed by atoms with Crippen molar-refractivity contribution in [1.29, 1.82) is 0 Å². The van der Waals surface area contributed by atoms with Gasteiger partial charge < -0.3 is 16.0 Å². The van der Waals surface area contributed by atoms with E-state index in [1.54, 1.807) is 72.8 Å². The van der Waals surface area contributed by atoms with Crippen LogP contribution in [0.25, 0.3) is 6.08 Å². The average molecular weight is 618 g/mol. The number of hydrogen-bond donors (Lipinski definition) is 3.